The molecule has 0 fully saturated rings. The van der Waals surface area contributed by atoms with Crippen LogP contribution in [0.5, 0.6) is 5.75 Å². The average molecular weight is 281 g/mol. The number of alkyl halides is 5. The molecule has 0 atom stereocenters. The Morgan fingerprint density at radius 3 is 2.06 bits per heavy atom. The van der Waals surface area contributed by atoms with Crippen molar-refractivity contribution < 1.29 is 26.7 Å². The summed E-state index contributed by atoms with van der Waals surface area (Å²) >= 11 is 10.8. The minimum Gasteiger partial charge on any atom is -0.424 e. The summed E-state index contributed by atoms with van der Waals surface area (Å²) in [5.74, 6) is -0.837. The molecule has 0 saturated heterocycles. The minimum absolute atomic E-state index is 0.0719. The van der Waals surface area contributed by atoms with Crippen LogP contribution in [0.2, 0.25) is 10.0 Å². The van der Waals surface area contributed by atoms with Gasteiger partial charge in [-0.1, -0.05) is 23.2 Å². The van der Waals surface area contributed by atoms with E-state index in [1.165, 1.54) is 6.07 Å². The lowest BCUT2D eigenvalue weighted by Crippen LogP contribution is -2.41. The maximum Gasteiger partial charge on any atom is 0.499 e. The highest BCUT2D eigenvalue weighted by molar-refractivity contribution is 6.34. The average Bonchev–Trinajstić information content (AvgIpc) is 2.09. The molecule has 0 heterocycles. The second-order valence-corrected chi connectivity index (χ2v) is 3.53. The predicted molar refractivity (Wildman–Crippen MR) is 48.1 cm³/mol. The van der Waals surface area contributed by atoms with Crippen molar-refractivity contribution in [2.45, 2.75) is 12.3 Å². The molecule has 0 bridgehead atoms. The highest BCUT2D eigenvalue weighted by Crippen LogP contribution is 2.39. The van der Waals surface area contributed by atoms with Gasteiger partial charge in [0.2, 0.25) is 0 Å². The Balaban J connectivity index is 3.01. The van der Waals surface area contributed by atoms with Crippen molar-refractivity contribution in [1.82, 2.24) is 0 Å². The molecular formula is C8H3Cl2F5O. The first-order valence-corrected chi connectivity index (χ1v) is 4.48. The van der Waals surface area contributed by atoms with E-state index >= 15 is 0 Å². The van der Waals surface area contributed by atoms with Crippen LogP contribution >= 0.6 is 23.2 Å². The van der Waals surface area contributed by atoms with Crippen molar-refractivity contribution in [2.75, 3.05) is 0 Å². The van der Waals surface area contributed by atoms with Crippen LogP contribution in [0.1, 0.15) is 0 Å². The molecular weight excluding hydrogens is 278 g/mol. The smallest absolute Gasteiger partial charge is 0.424 e. The van der Waals surface area contributed by atoms with E-state index in [4.69, 9.17) is 23.2 Å². The van der Waals surface area contributed by atoms with Gasteiger partial charge in [-0.05, 0) is 12.1 Å². The summed E-state index contributed by atoms with van der Waals surface area (Å²) in [6.45, 7) is 0. The highest BCUT2D eigenvalue weighted by Gasteiger charge is 2.61. The van der Waals surface area contributed by atoms with Crippen LogP contribution in [-0.2, 0) is 0 Å². The molecule has 90 valence electrons. The molecule has 0 aliphatic carbocycles. The molecule has 0 spiro atoms. The lowest BCUT2D eigenvalue weighted by Gasteiger charge is -2.20. The number of rotatable bonds is 2. The first kappa shape index (κ1) is 13.3. The molecule has 1 rings (SSSR count). The predicted octanol–water partition coefficient (Wildman–Crippen LogP) is 4.53. The maximum absolute atomic E-state index is 12.5. The van der Waals surface area contributed by atoms with Gasteiger partial charge in [0.15, 0.2) is 0 Å². The van der Waals surface area contributed by atoms with Crippen LogP contribution in [0.25, 0.3) is 0 Å². The van der Waals surface area contributed by atoms with Gasteiger partial charge >= 0.3 is 12.3 Å². The van der Waals surface area contributed by atoms with E-state index in [1.54, 1.807) is 0 Å². The number of hydrogen-bond donors (Lipinski definition) is 0. The second-order valence-electron chi connectivity index (χ2n) is 2.69. The van der Waals surface area contributed by atoms with Crippen molar-refractivity contribution in [2.24, 2.45) is 0 Å². The van der Waals surface area contributed by atoms with Crippen LogP contribution < -0.4 is 4.74 Å². The molecule has 1 aromatic carbocycles. The summed E-state index contributed by atoms with van der Waals surface area (Å²) in [6.07, 6.45) is -11.1. The second kappa shape index (κ2) is 4.25. The van der Waals surface area contributed by atoms with Crippen LogP contribution in [0.15, 0.2) is 18.2 Å². The molecule has 1 nitrogen and oxygen atoms in total. The van der Waals surface area contributed by atoms with Crippen molar-refractivity contribution in [3.05, 3.63) is 28.2 Å². The van der Waals surface area contributed by atoms with Crippen LogP contribution in [0.4, 0.5) is 22.0 Å². The minimum atomic E-state index is -5.82. The zero-order chi connectivity index (χ0) is 12.6. The Morgan fingerprint density at radius 1 is 1.00 bits per heavy atom. The largest absolute Gasteiger partial charge is 0.499 e. The van der Waals surface area contributed by atoms with Crippen molar-refractivity contribution in [1.29, 1.82) is 0 Å². The first-order chi connectivity index (χ1) is 7.13. The van der Waals surface area contributed by atoms with E-state index in [0.29, 0.717) is 0 Å². The summed E-state index contributed by atoms with van der Waals surface area (Å²) in [7, 11) is 0. The fourth-order valence-electron chi connectivity index (χ4n) is 0.751. The molecule has 0 aromatic heterocycles. The van der Waals surface area contributed by atoms with Gasteiger partial charge in [-0.3, -0.25) is 0 Å². The monoisotopic (exact) mass is 280 g/mol. The van der Waals surface area contributed by atoms with Gasteiger partial charge in [0.25, 0.3) is 0 Å². The summed E-state index contributed by atoms with van der Waals surface area (Å²) in [5, 5.41) is -0.467. The quantitative estimate of drug-likeness (QED) is 0.724. The number of benzene rings is 1. The number of halogens is 7. The van der Waals surface area contributed by atoms with Crippen LogP contribution in [-0.4, -0.2) is 12.3 Å². The Bertz CT molecular complexity index is 391. The third-order valence-corrected chi connectivity index (χ3v) is 2.01. The van der Waals surface area contributed by atoms with Crippen LogP contribution in [0, 0.1) is 0 Å². The number of ether oxygens (including phenoxy) is 1. The fourth-order valence-corrected chi connectivity index (χ4v) is 1.07. The van der Waals surface area contributed by atoms with Gasteiger partial charge in [-0.15, -0.1) is 0 Å². The van der Waals surface area contributed by atoms with E-state index in [9.17, 15) is 22.0 Å². The third kappa shape index (κ3) is 2.89. The number of hydrogen-bond acceptors (Lipinski definition) is 1. The summed E-state index contributed by atoms with van der Waals surface area (Å²) in [6, 6.07) is 3.04. The van der Waals surface area contributed by atoms with Crippen molar-refractivity contribution in [3.63, 3.8) is 0 Å². The van der Waals surface area contributed by atoms with Gasteiger partial charge in [0, 0.05) is 11.1 Å². The SMILES string of the molecule is FC(F)(F)C(F)(F)Oc1cc(Cl)ccc1Cl. The van der Waals surface area contributed by atoms with E-state index in [1.807, 2.05) is 0 Å². The zero-order valence-corrected chi connectivity index (χ0v) is 8.80. The molecule has 0 aliphatic rings. The molecule has 0 radical (unpaired) electrons. The standard InChI is InChI=1S/C8H3Cl2F5O/c9-4-1-2-5(10)6(3-4)16-8(14,15)7(11,12)13/h1-3H. The van der Waals surface area contributed by atoms with Crippen molar-refractivity contribution >= 4 is 23.2 Å². The van der Waals surface area contributed by atoms with Gasteiger partial charge in [0.05, 0.1) is 5.02 Å². The third-order valence-electron chi connectivity index (χ3n) is 1.46. The summed E-state index contributed by atoms with van der Waals surface area (Å²) in [4.78, 5) is 0. The molecule has 8 heteroatoms. The van der Waals surface area contributed by atoms with Gasteiger partial charge in [-0.25, -0.2) is 0 Å². The Morgan fingerprint density at radius 2 is 1.56 bits per heavy atom. The first-order valence-electron chi connectivity index (χ1n) is 3.72. The lowest BCUT2D eigenvalue weighted by molar-refractivity contribution is -0.360. The van der Waals surface area contributed by atoms with Crippen LogP contribution in [0.3, 0.4) is 0 Å². The fraction of sp³-hybridized carbons (Fsp3) is 0.250. The summed E-state index contributed by atoms with van der Waals surface area (Å²) in [5.41, 5.74) is 0. The highest BCUT2D eigenvalue weighted by atomic mass is 35.5. The zero-order valence-electron chi connectivity index (χ0n) is 7.29. The molecule has 0 aliphatic heterocycles. The topological polar surface area (TPSA) is 9.23 Å². The molecule has 0 amide bonds. The molecule has 1 aromatic rings. The van der Waals surface area contributed by atoms with E-state index in [0.717, 1.165) is 12.1 Å². The van der Waals surface area contributed by atoms with Gasteiger partial charge in [0.1, 0.15) is 5.75 Å². The Labute approximate surface area is 96.7 Å². The molecule has 0 N–H and O–H groups in total. The Hall–Kier alpha value is -0.750. The molecule has 16 heavy (non-hydrogen) atoms. The van der Waals surface area contributed by atoms with Gasteiger partial charge in [-0.2, -0.15) is 22.0 Å². The maximum atomic E-state index is 12.5. The molecule has 0 unspecified atom stereocenters. The van der Waals surface area contributed by atoms with Crippen molar-refractivity contribution in [3.8, 4) is 5.75 Å². The molecule has 0 saturated carbocycles. The summed E-state index contributed by atoms with van der Waals surface area (Å²) < 4.78 is 63.9. The lowest BCUT2D eigenvalue weighted by atomic mass is 10.3. The normalized spacial score (nSPS) is 12.7. The Kier molecular flexibility index (Phi) is 3.54. The van der Waals surface area contributed by atoms with E-state index in [2.05, 4.69) is 4.74 Å². The van der Waals surface area contributed by atoms with Gasteiger partial charge < -0.3 is 4.74 Å². The van der Waals surface area contributed by atoms with E-state index in [-0.39, 0.29) is 5.02 Å². The van der Waals surface area contributed by atoms with E-state index < -0.39 is 23.1 Å².